The lowest BCUT2D eigenvalue weighted by molar-refractivity contribution is 0.0985. The average molecular weight is 434 g/mol. The van der Waals surface area contributed by atoms with E-state index in [1.807, 2.05) is 30.3 Å². The van der Waals surface area contributed by atoms with Crippen LogP contribution in [0.2, 0.25) is 0 Å². The molecule has 0 saturated carbocycles. The molecule has 0 bridgehead atoms. The van der Waals surface area contributed by atoms with Crippen LogP contribution < -0.4 is 21.2 Å². The molecule has 0 heterocycles. The number of anilines is 1. The lowest BCUT2D eigenvalue weighted by atomic mass is 9.92. The third-order valence-corrected chi connectivity index (χ3v) is 8.34. The number of fused-ring (bicyclic) bond motifs is 1. The van der Waals surface area contributed by atoms with Crippen molar-refractivity contribution in [2.24, 2.45) is 0 Å². The average Bonchev–Trinajstić information content (AvgIpc) is 2.85. The summed E-state index contributed by atoms with van der Waals surface area (Å²) in [6, 6.07) is 35.9. The standard InChI is InChI=1S/C28H20NO2P/c30-26-19-25(28(31)23-16-8-7-15-22(23)26)29-24-17-9-10-18-27(24)32(20-11-3-1-4-12-20)21-13-5-2-6-14-21/h1-19,29H/p+1. The van der Waals surface area contributed by atoms with Crippen LogP contribution in [0.1, 0.15) is 20.7 Å². The van der Waals surface area contributed by atoms with Crippen LogP contribution in [0.4, 0.5) is 5.69 Å². The Labute approximate surface area is 188 Å². The van der Waals surface area contributed by atoms with E-state index >= 15 is 0 Å². The molecule has 0 unspecified atom stereocenters. The third kappa shape index (κ3) is 3.79. The van der Waals surface area contributed by atoms with Gasteiger partial charge in [0, 0.05) is 17.2 Å². The molecule has 0 amide bonds. The van der Waals surface area contributed by atoms with Crippen molar-refractivity contribution >= 4 is 41.1 Å². The Morgan fingerprint density at radius 1 is 0.562 bits per heavy atom. The van der Waals surface area contributed by atoms with E-state index in [1.54, 1.807) is 24.3 Å². The van der Waals surface area contributed by atoms with Crippen LogP contribution >= 0.6 is 7.92 Å². The molecule has 3 nitrogen and oxygen atoms in total. The predicted molar refractivity (Wildman–Crippen MR) is 133 cm³/mol. The van der Waals surface area contributed by atoms with Crippen LogP contribution in [-0.2, 0) is 0 Å². The molecule has 0 saturated heterocycles. The van der Waals surface area contributed by atoms with Crippen LogP contribution in [0.5, 0.6) is 0 Å². The summed E-state index contributed by atoms with van der Waals surface area (Å²) in [5, 5.41) is 6.95. The van der Waals surface area contributed by atoms with Gasteiger partial charge in [-0.25, -0.2) is 0 Å². The Morgan fingerprint density at radius 2 is 1.09 bits per heavy atom. The fraction of sp³-hybridized carbons (Fsp3) is 0. The van der Waals surface area contributed by atoms with Crippen molar-refractivity contribution < 1.29 is 9.59 Å². The van der Waals surface area contributed by atoms with Crippen LogP contribution in [0, 0.1) is 0 Å². The highest BCUT2D eigenvalue weighted by molar-refractivity contribution is 7.80. The fourth-order valence-electron chi connectivity index (χ4n) is 4.05. The number of ketones is 2. The predicted octanol–water partition coefficient (Wildman–Crippen LogP) is 4.55. The van der Waals surface area contributed by atoms with Crippen LogP contribution in [-0.4, -0.2) is 11.6 Å². The van der Waals surface area contributed by atoms with Gasteiger partial charge in [0.1, 0.15) is 23.8 Å². The zero-order chi connectivity index (χ0) is 21.9. The van der Waals surface area contributed by atoms with E-state index in [9.17, 15) is 9.59 Å². The van der Waals surface area contributed by atoms with E-state index < -0.39 is 7.92 Å². The van der Waals surface area contributed by atoms with Gasteiger partial charge >= 0.3 is 0 Å². The number of para-hydroxylation sites is 1. The maximum atomic E-state index is 13.1. The number of benzene rings is 4. The van der Waals surface area contributed by atoms with Gasteiger partial charge in [0.15, 0.2) is 5.78 Å². The molecule has 1 N–H and O–H groups in total. The van der Waals surface area contributed by atoms with Crippen molar-refractivity contribution in [1.82, 2.24) is 0 Å². The Hall–Kier alpha value is -3.81. The van der Waals surface area contributed by atoms with Gasteiger partial charge in [-0.05, 0) is 36.4 Å². The Morgan fingerprint density at radius 3 is 1.75 bits per heavy atom. The molecule has 5 rings (SSSR count). The minimum atomic E-state index is -1.33. The first-order chi connectivity index (χ1) is 15.7. The van der Waals surface area contributed by atoms with Crippen LogP contribution in [0.25, 0.3) is 0 Å². The summed E-state index contributed by atoms with van der Waals surface area (Å²) >= 11 is 0. The maximum absolute atomic E-state index is 13.1. The third-order valence-electron chi connectivity index (χ3n) is 5.55. The van der Waals surface area contributed by atoms with E-state index in [4.69, 9.17) is 0 Å². The first-order valence-electron chi connectivity index (χ1n) is 10.5. The van der Waals surface area contributed by atoms with E-state index in [0.717, 1.165) is 11.0 Å². The summed E-state index contributed by atoms with van der Waals surface area (Å²) in [6.45, 7) is 0. The number of hydrogen-bond donors (Lipinski definition) is 1. The highest BCUT2D eigenvalue weighted by Crippen LogP contribution is 2.36. The monoisotopic (exact) mass is 434 g/mol. The van der Waals surface area contributed by atoms with Crippen molar-refractivity contribution in [2.45, 2.75) is 0 Å². The molecule has 0 aromatic heterocycles. The topological polar surface area (TPSA) is 46.2 Å². The second kappa shape index (κ2) is 8.74. The van der Waals surface area contributed by atoms with Gasteiger partial charge in [-0.15, -0.1) is 0 Å². The summed E-state index contributed by atoms with van der Waals surface area (Å²) in [5.41, 5.74) is 2.05. The summed E-state index contributed by atoms with van der Waals surface area (Å²) in [5.74, 6) is -0.319. The summed E-state index contributed by atoms with van der Waals surface area (Å²) in [6.07, 6.45) is 1.42. The van der Waals surface area contributed by atoms with Crippen LogP contribution in [0.15, 0.2) is 121 Å². The van der Waals surface area contributed by atoms with Gasteiger partial charge in [-0.1, -0.05) is 72.8 Å². The SMILES string of the molecule is O=C1C=C(Nc2ccccc2[PH+](c2ccccc2)c2ccccc2)C(=O)c2ccccc21. The zero-order valence-electron chi connectivity index (χ0n) is 17.3. The Kier molecular flexibility index (Phi) is 5.49. The summed E-state index contributed by atoms with van der Waals surface area (Å²) in [4.78, 5) is 25.7. The van der Waals surface area contributed by atoms with Gasteiger partial charge in [-0.3, -0.25) is 9.59 Å². The molecule has 0 spiro atoms. The molecular weight excluding hydrogens is 413 g/mol. The van der Waals surface area contributed by atoms with Gasteiger partial charge in [-0.2, -0.15) is 0 Å². The lowest BCUT2D eigenvalue weighted by Crippen LogP contribution is -2.26. The molecule has 32 heavy (non-hydrogen) atoms. The lowest BCUT2D eigenvalue weighted by Gasteiger charge is -2.19. The van der Waals surface area contributed by atoms with E-state index in [-0.39, 0.29) is 11.6 Å². The van der Waals surface area contributed by atoms with Gasteiger partial charge in [0.25, 0.3) is 0 Å². The van der Waals surface area contributed by atoms with Crippen molar-refractivity contribution in [3.8, 4) is 0 Å². The molecule has 4 heteroatoms. The van der Waals surface area contributed by atoms with Crippen molar-refractivity contribution in [2.75, 3.05) is 5.32 Å². The molecule has 0 aliphatic heterocycles. The molecular formula is C28H21NO2P+. The van der Waals surface area contributed by atoms with Crippen LogP contribution in [0.3, 0.4) is 0 Å². The van der Waals surface area contributed by atoms with E-state index in [0.29, 0.717) is 16.8 Å². The molecule has 0 atom stereocenters. The molecule has 0 radical (unpaired) electrons. The second-order valence-corrected chi connectivity index (χ2v) is 10.0. The van der Waals surface area contributed by atoms with Crippen molar-refractivity contribution in [1.29, 1.82) is 0 Å². The molecule has 4 aromatic rings. The summed E-state index contributed by atoms with van der Waals surface area (Å²) in [7, 11) is -1.33. The van der Waals surface area contributed by atoms with Crippen molar-refractivity contribution in [3.63, 3.8) is 0 Å². The fourth-order valence-corrected chi connectivity index (χ4v) is 6.74. The highest BCUT2D eigenvalue weighted by atomic mass is 31.1. The Bertz CT molecular complexity index is 1290. The van der Waals surface area contributed by atoms with Gasteiger partial charge in [0.05, 0.1) is 11.4 Å². The summed E-state index contributed by atoms with van der Waals surface area (Å²) < 4.78 is 0. The highest BCUT2D eigenvalue weighted by Gasteiger charge is 2.30. The largest absolute Gasteiger partial charge is 0.349 e. The molecule has 1 aliphatic rings. The number of Topliss-reactive ketones (excluding diaryl/α,β-unsaturated/α-hetero) is 1. The number of rotatable bonds is 5. The number of nitrogens with one attached hydrogen (secondary N) is 1. The first kappa shape index (κ1) is 20.1. The molecule has 1 aliphatic carbocycles. The van der Waals surface area contributed by atoms with Gasteiger partial charge < -0.3 is 5.32 Å². The smallest absolute Gasteiger partial charge is 0.210 e. The first-order valence-corrected chi connectivity index (χ1v) is 12.0. The van der Waals surface area contributed by atoms with E-state index in [1.165, 1.54) is 16.7 Å². The molecule has 0 fully saturated rings. The Balaban J connectivity index is 1.58. The molecule has 4 aromatic carbocycles. The number of carbonyl (C=O) groups excluding carboxylic acids is 2. The maximum Gasteiger partial charge on any atom is 0.210 e. The number of allylic oxidation sites excluding steroid dienone is 2. The quantitative estimate of drug-likeness (QED) is 0.469. The normalized spacial score (nSPS) is 13.0. The van der Waals surface area contributed by atoms with E-state index in [2.05, 4.69) is 59.9 Å². The van der Waals surface area contributed by atoms with Crippen molar-refractivity contribution in [3.05, 3.63) is 132 Å². The minimum Gasteiger partial charge on any atom is -0.349 e. The van der Waals surface area contributed by atoms with Gasteiger partial charge in [0.2, 0.25) is 5.78 Å². The number of carbonyl (C=O) groups is 2. The zero-order valence-corrected chi connectivity index (χ0v) is 18.3. The second-order valence-electron chi connectivity index (χ2n) is 7.57. The minimum absolute atomic E-state index is 0.156. The number of hydrogen-bond acceptors (Lipinski definition) is 3. The molecule has 154 valence electrons.